The number of nitrogens with zero attached hydrogens (tertiary/aromatic N) is 3. The lowest BCUT2D eigenvalue weighted by Crippen LogP contribution is -2.38. The number of ether oxygens (including phenoxy) is 1. The van der Waals surface area contributed by atoms with Gasteiger partial charge in [0.2, 0.25) is 0 Å². The predicted octanol–water partition coefficient (Wildman–Crippen LogP) is 7.09. The number of hydrogen-bond donors (Lipinski definition) is 2. The molecular weight excluding hydrogens is 574 g/mol. The lowest BCUT2D eigenvalue weighted by Gasteiger charge is -2.37. The van der Waals surface area contributed by atoms with E-state index in [0.717, 1.165) is 33.2 Å². The molecule has 4 aromatic carbocycles. The van der Waals surface area contributed by atoms with Crippen LogP contribution in [0.15, 0.2) is 134 Å². The van der Waals surface area contributed by atoms with Crippen LogP contribution in [0.3, 0.4) is 0 Å². The van der Waals surface area contributed by atoms with E-state index in [2.05, 4.69) is 52.0 Å². The van der Waals surface area contributed by atoms with Crippen LogP contribution in [-0.4, -0.2) is 33.4 Å². The number of hydrogen-bond acceptors (Lipinski definition) is 5. The van der Waals surface area contributed by atoms with E-state index in [-0.39, 0.29) is 18.4 Å². The fourth-order valence-electron chi connectivity index (χ4n) is 5.88. The Morgan fingerprint density at radius 1 is 0.783 bits per heavy atom. The first-order valence-corrected chi connectivity index (χ1v) is 15.4. The summed E-state index contributed by atoms with van der Waals surface area (Å²) < 4.78 is 7.24. The second kappa shape index (κ2) is 13.9. The highest BCUT2D eigenvalue weighted by Crippen LogP contribution is 2.43. The molecule has 0 aliphatic carbocycles. The Kier molecular flexibility index (Phi) is 9.15. The van der Waals surface area contributed by atoms with Crippen molar-refractivity contribution < 1.29 is 14.3 Å². The normalized spacial score (nSPS) is 11.2. The third-order valence-corrected chi connectivity index (χ3v) is 7.94. The average Bonchev–Trinajstić information content (AvgIpc) is 3.46. The van der Waals surface area contributed by atoms with Gasteiger partial charge in [-0.15, -0.1) is 0 Å². The molecule has 0 saturated carbocycles. The minimum atomic E-state index is -0.904. The maximum atomic E-state index is 13.0. The summed E-state index contributed by atoms with van der Waals surface area (Å²) in [6.07, 6.45) is 2.26. The number of anilines is 1. The molecule has 2 N–H and O–H groups in total. The maximum absolute atomic E-state index is 13.0. The van der Waals surface area contributed by atoms with Gasteiger partial charge in [-0.2, -0.15) is 5.10 Å². The van der Waals surface area contributed by atoms with Crippen LogP contribution in [-0.2, 0) is 28.0 Å². The zero-order valence-corrected chi connectivity index (χ0v) is 25.6. The predicted molar refractivity (Wildman–Crippen MR) is 179 cm³/mol. The van der Waals surface area contributed by atoms with Gasteiger partial charge in [-0.05, 0) is 29.2 Å². The molecule has 6 rings (SSSR count). The van der Waals surface area contributed by atoms with E-state index in [4.69, 9.17) is 9.84 Å². The van der Waals surface area contributed by atoms with Crippen LogP contribution in [0.2, 0.25) is 0 Å². The van der Waals surface area contributed by atoms with Gasteiger partial charge in [-0.25, -0.2) is 14.5 Å². The quantitative estimate of drug-likeness (QED) is 0.121. The lowest BCUT2D eigenvalue weighted by molar-refractivity contribution is -0.143. The van der Waals surface area contributed by atoms with Crippen LogP contribution in [0.4, 0.5) is 10.6 Å². The average molecular weight is 610 g/mol. The molecule has 0 unspecified atom stereocenters. The standard InChI is InChI=1S/C38H35N5O3/c1-2-46-36(44)24-23-33-32-27-39-35(41-37(45)40-26-28-15-7-3-8-16-28)25-34(32)43(42-33)38(29-17-9-4-10-18-29,30-19-11-5-12-20-30)31-21-13-6-14-22-31/h3-22,25,27H,2,23-24,26H2,1H3,(H2,39,40,41,45). The molecule has 2 heterocycles. The van der Waals surface area contributed by atoms with Gasteiger partial charge in [-0.3, -0.25) is 10.1 Å². The molecule has 46 heavy (non-hydrogen) atoms. The zero-order valence-electron chi connectivity index (χ0n) is 25.6. The molecular formula is C38H35N5O3. The summed E-state index contributed by atoms with van der Waals surface area (Å²) >= 11 is 0. The van der Waals surface area contributed by atoms with E-state index in [9.17, 15) is 9.59 Å². The van der Waals surface area contributed by atoms with Crippen LogP contribution in [0.5, 0.6) is 0 Å². The lowest BCUT2D eigenvalue weighted by atomic mass is 9.77. The number of fused-ring (bicyclic) bond motifs is 1. The third-order valence-electron chi connectivity index (χ3n) is 7.94. The summed E-state index contributed by atoms with van der Waals surface area (Å²) in [7, 11) is 0. The van der Waals surface area contributed by atoms with Crippen LogP contribution in [0, 0.1) is 0 Å². The van der Waals surface area contributed by atoms with Crippen molar-refractivity contribution >= 4 is 28.7 Å². The Bertz CT molecular complexity index is 1810. The molecule has 0 saturated heterocycles. The Morgan fingerprint density at radius 3 is 1.87 bits per heavy atom. The minimum Gasteiger partial charge on any atom is -0.466 e. The Labute approximate surface area is 268 Å². The molecule has 0 atom stereocenters. The first-order valence-electron chi connectivity index (χ1n) is 15.4. The highest BCUT2D eigenvalue weighted by molar-refractivity contribution is 5.92. The summed E-state index contributed by atoms with van der Waals surface area (Å²) in [6, 6.07) is 41.9. The molecule has 0 fully saturated rings. The van der Waals surface area contributed by atoms with Gasteiger partial charge >= 0.3 is 12.0 Å². The van der Waals surface area contributed by atoms with E-state index in [1.54, 1.807) is 13.1 Å². The summed E-state index contributed by atoms with van der Waals surface area (Å²) in [5, 5.41) is 11.8. The van der Waals surface area contributed by atoms with Gasteiger partial charge in [0.25, 0.3) is 0 Å². The number of benzene rings is 4. The van der Waals surface area contributed by atoms with E-state index in [1.807, 2.05) is 95.7 Å². The molecule has 6 aromatic rings. The number of nitrogens with one attached hydrogen (secondary N) is 2. The number of rotatable bonds is 11. The molecule has 0 aliphatic rings. The first-order chi connectivity index (χ1) is 22.6. The van der Waals surface area contributed by atoms with Crippen LogP contribution >= 0.6 is 0 Å². The second-order valence-electron chi connectivity index (χ2n) is 10.9. The number of urea groups is 1. The van der Waals surface area contributed by atoms with E-state index in [1.165, 1.54) is 0 Å². The van der Waals surface area contributed by atoms with Crippen molar-refractivity contribution in [3.8, 4) is 0 Å². The number of aryl methyl sites for hydroxylation is 1. The fourth-order valence-corrected chi connectivity index (χ4v) is 5.88. The van der Waals surface area contributed by atoms with Crippen LogP contribution in [0.1, 0.15) is 41.3 Å². The number of carbonyl (C=O) groups excluding carboxylic acids is 2. The molecule has 8 heteroatoms. The highest BCUT2D eigenvalue weighted by atomic mass is 16.5. The Balaban J connectivity index is 1.52. The van der Waals surface area contributed by atoms with Gasteiger partial charge in [0.15, 0.2) is 0 Å². The number of aromatic nitrogens is 3. The summed E-state index contributed by atoms with van der Waals surface area (Å²) in [5.41, 5.74) is 4.55. The Hall–Kier alpha value is -5.76. The number of carbonyl (C=O) groups is 2. The fraction of sp³-hybridized carbons (Fsp3) is 0.158. The zero-order chi connectivity index (χ0) is 31.8. The number of pyridine rings is 1. The molecule has 230 valence electrons. The number of esters is 1. The smallest absolute Gasteiger partial charge is 0.320 e. The van der Waals surface area contributed by atoms with Gasteiger partial charge in [0.1, 0.15) is 11.4 Å². The van der Waals surface area contributed by atoms with Crippen molar-refractivity contribution in [1.29, 1.82) is 0 Å². The molecule has 0 spiro atoms. The van der Waals surface area contributed by atoms with Gasteiger partial charge in [0.05, 0.1) is 24.2 Å². The highest BCUT2D eigenvalue weighted by Gasteiger charge is 2.41. The van der Waals surface area contributed by atoms with Crippen LogP contribution in [0.25, 0.3) is 10.9 Å². The second-order valence-corrected chi connectivity index (χ2v) is 10.9. The van der Waals surface area contributed by atoms with Crippen molar-refractivity contribution in [3.05, 3.63) is 162 Å². The molecule has 2 amide bonds. The van der Waals surface area contributed by atoms with Crippen molar-refractivity contribution in [3.63, 3.8) is 0 Å². The summed E-state index contributed by atoms with van der Waals surface area (Å²) in [5.74, 6) is 0.0891. The molecule has 0 radical (unpaired) electrons. The van der Waals surface area contributed by atoms with E-state index >= 15 is 0 Å². The largest absolute Gasteiger partial charge is 0.466 e. The van der Waals surface area contributed by atoms with Crippen LogP contribution < -0.4 is 10.6 Å². The van der Waals surface area contributed by atoms with Gasteiger partial charge in [-0.1, -0.05) is 121 Å². The third kappa shape index (κ3) is 6.23. The van der Waals surface area contributed by atoms with Crippen molar-refractivity contribution in [1.82, 2.24) is 20.1 Å². The van der Waals surface area contributed by atoms with E-state index in [0.29, 0.717) is 31.1 Å². The topological polar surface area (TPSA) is 98.1 Å². The van der Waals surface area contributed by atoms with Crippen molar-refractivity contribution in [2.45, 2.75) is 31.8 Å². The minimum absolute atomic E-state index is 0.177. The number of amides is 2. The van der Waals surface area contributed by atoms with E-state index < -0.39 is 5.54 Å². The van der Waals surface area contributed by atoms with Crippen molar-refractivity contribution in [2.75, 3.05) is 11.9 Å². The molecule has 0 aliphatic heterocycles. The molecule has 0 bridgehead atoms. The van der Waals surface area contributed by atoms with Crippen molar-refractivity contribution in [2.24, 2.45) is 0 Å². The summed E-state index contributed by atoms with van der Waals surface area (Å²) in [6.45, 7) is 2.49. The molecule has 8 nitrogen and oxygen atoms in total. The summed E-state index contributed by atoms with van der Waals surface area (Å²) in [4.78, 5) is 30.0. The van der Waals surface area contributed by atoms with Gasteiger partial charge in [0, 0.05) is 30.6 Å². The Morgan fingerprint density at radius 2 is 1.33 bits per heavy atom. The monoisotopic (exact) mass is 609 g/mol. The van der Waals surface area contributed by atoms with Gasteiger partial charge < -0.3 is 10.1 Å². The maximum Gasteiger partial charge on any atom is 0.320 e. The molecule has 2 aromatic heterocycles. The first kappa shape index (κ1) is 30.3. The SMILES string of the molecule is CCOC(=O)CCc1nn(C(c2ccccc2)(c2ccccc2)c2ccccc2)c2cc(NC(=O)NCc3ccccc3)ncc12.